The van der Waals surface area contributed by atoms with E-state index in [1.54, 1.807) is 0 Å². The first-order valence-corrected chi connectivity index (χ1v) is 36.4. The largest absolute Gasteiger partial charge is 0.456 e. The van der Waals surface area contributed by atoms with Gasteiger partial charge in [-0.15, -0.1) is 0 Å². The second-order valence-electron chi connectivity index (χ2n) is 27.7. The van der Waals surface area contributed by atoms with Crippen molar-refractivity contribution in [3.8, 4) is 50.4 Å². The van der Waals surface area contributed by atoms with Gasteiger partial charge in [0.15, 0.2) is 0 Å². The van der Waals surface area contributed by atoms with Gasteiger partial charge in [-0.25, -0.2) is 0 Å². The molecule has 17 aromatic carbocycles. The summed E-state index contributed by atoms with van der Waals surface area (Å²) in [4.78, 5) is 0. The van der Waals surface area contributed by atoms with Crippen molar-refractivity contribution in [1.29, 1.82) is 0 Å². The lowest BCUT2D eigenvalue weighted by molar-refractivity contribution is 0.668. The van der Waals surface area contributed by atoms with Gasteiger partial charge in [0, 0.05) is 92.2 Å². The Labute approximate surface area is 612 Å². The van der Waals surface area contributed by atoms with Gasteiger partial charge in [-0.3, -0.25) is 0 Å². The molecular weight excluding hydrogens is 1310 g/mol. The summed E-state index contributed by atoms with van der Waals surface area (Å²) in [5.41, 5.74) is 25.2. The van der Waals surface area contributed by atoms with Crippen LogP contribution in [0.3, 0.4) is 0 Å². The Morgan fingerprint density at radius 3 is 0.972 bits per heavy atom. The first-order chi connectivity index (χ1) is 53.1. The van der Waals surface area contributed by atoms with Crippen molar-refractivity contribution in [2.45, 2.75) is 0 Å². The number of para-hydroxylation sites is 7. The molecule has 7 aromatic heterocycles. The summed E-state index contributed by atoms with van der Waals surface area (Å²) in [7, 11) is 0. The van der Waals surface area contributed by atoms with E-state index in [1.807, 2.05) is 42.5 Å². The summed E-state index contributed by atoms with van der Waals surface area (Å²) in [5, 5.41) is 19.2. The maximum Gasteiger partial charge on any atom is 0.136 e. The van der Waals surface area contributed by atoms with Gasteiger partial charge in [0.05, 0.1) is 38.8 Å². The molecule has 0 amide bonds. The highest BCUT2D eigenvalue weighted by Gasteiger charge is 2.24. The molecule has 24 aromatic rings. The summed E-state index contributed by atoms with van der Waals surface area (Å²) >= 11 is 0. The number of aromatic nitrogens is 3. The van der Waals surface area contributed by atoms with Crippen molar-refractivity contribution in [3.63, 3.8) is 0 Å². The predicted octanol–water partition coefficient (Wildman–Crippen LogP) is 28.1. The normalized spacial score (nSPS) is 11.9. The predicted molar refractivity (Wildman–Crippen MR) is 445 cm³/mol. The van der Waals surface area contributed by atoms with Gasteiger partial charge < -0.3 is 31.4 Å². The molecule has 0 bridgehead atoms. The molecule has 0 aliphatic carbocycles. The van der Waals surface area contributed by atoms with Crippen LogP contribution in [0.2, 0.25) is 0 Å². The van der Waals surface area contributed by atoms with Gasteiger partial charge in [0.2, 0.25) is 0 Å². The average Bonchev–Trinajstić information content (AvgIpc) is 1.57. The minimum absolute atomic E-state index is 0.906. The summed E-state index contributed by atoms with van der Waals surface area (Å²) < 4.78 is 31.9. The number of fused-ring (bicyclic) bond motifs is 25. The molecule has 107 heavy (non-hydrogen) atoms. The number of nitrogens with zero attached hydrogens (tertiary/aromatic N) is 3. The fourth-order valence-corrected chi connectivity index (χ4v) is 17.1. The molecule has 0 fully saturated rings. The summed E-state index contributed by atoms with van der Waals surface area (Å²) in [6.45, 7) is 0. The van der Waals surface area contributed by atoms with Crippen molar-refractivity contribution in [3.05, 3.63) is 370 Å². The average molecular weight is 1370 g/mol. The van der Waals surface area contributed by atoms with Gasteiger partial charge in [-0.05, 0) is 172 Å². The Kier molecular flexibility index (Phi) is 13.6. The highest BCUT2D eigenvalue weighted by molar-refractivity contribution is 6.30. The lowest BCUT2D eigenvalue weighted by Gasteiger charge is -2.13. The third-order valence-electron chi connectivity index (χ3n) is 21.8. The van der Waals surface area contributed by atoms with Crippen LogP contribution in [0.4, 0.5) is 0 Å². The van der Waals surface area contributed by atoms with Crippen LogP contribution < -0.4 is 0 Å². The zero-order valence-electron chi connectivity index (χ0n) is 57.7. The first kappa shape index (κ1) is 60.2. The lowest BCUT2D eigenvalue weighted by atomic mass is 9.93. The smallest absolute Gasteiger partial charge is 0.136 e. The van der Waals surface area contributed by atoms with Gasteiger partial charge in [-0.2, -0.15) is 0 Å². The molecular formula is C100H61N3O4. The van der Waals surface area contributed by atoms with Crippen LogP contribution in [-0.4, -0.2) is 13.7 Å². The molecule has 0 radical (unpaired) electrons. The van der Waals surface area contributed by atoms with Crippen LogP contribution in [0.1, 0.15) is 0 Å². The molecule has 500 valence electrons. The summed E-state index contributed by atoms with van der Waals surface area (Å²) in [6.07, 6.45) is 0. The van der Waals surface area contributed by atoms with Crippen LogP contribution in [0.5, 0.6) is 0 Å². The zero-order chi connectivity index (χ0) is 70.2. The molecule has 0 aliphatic heterocycles. The standard InChI is InChI=1S/C42H27NO.C30H17NO2.C28H17NO/c1-3-11-28(12-4-1)31-25-32(29-13-5-2-6-14-29)27-33(26-31)30-19-21-34(22-20-30)43-37-17-9-7-15-35(37)41-38(43)23-24-40-42(41)36-16-8-10-18-39(36)44-40;1-4-10-23-20(8-1)29-24(14-16-28-30(29)21-9-3-6-12-26(21)33-28)31(23)18-13-15-27-22(17-18)19-7-2-5-11-25(19)32-27;1-2-10-19-18(8-1)9-7-14-22(19)29-23-13-5-3-11-20(23)27-24(29)16-17-26-28(27)21-12-4-6-15-25(21)30-26/h1-27H;1-17H;1-17H. The topological polar surface area (TPSA) is 67.3 Å². The Hall–Kier alpha value is -14.4. The van der Waals surface area contributed by atoms with Crippen molar-refractivity contribution >= 4 is 164 Å². The zero-order valence-corrected chi connectivity index (χ0v) is 57.7. The van der Waals surface area contributed by atoms with Crippen molar-refractivity contribution in [2.24, 2.45) is 0 Å². The quantitative estimate of drug-likeness (QED) is 0.166. The Balaban J connectivity index is 0.000000102. The minimum Gasteiger partial charge on any atom is -0.456 e. The van der Waals surface area contributed by atoms with Gasteiger partial charge >= 0.3 is 0 Å². The molecule has 0 saturated heterocycles. The maximum absolute atomic E-state index is 6.26. The molecule has 0 aliphatic rings. The second-order valence-corrected chi connectivity index (χ2v) is 27.7. The fourth-order valence-electron chi connectivity index (χ4n) is 17.1. The molecule has 0 N–H and O–H groups in total. The van der Waals surface area contributed by atoms with Crippen LogP contribution in [-0.2, 0) is 0 Å². The van der Waals surface area contributed by atoms with Gasteiger partial charge in [0.1, 0.15) is 44.7 Å². The number of benzene rings is 17. The van der Waals surface area contributed by atoms with Gasteiger partial charge in [-0.1, -0.05) is 237 Å². The molecule has 0 saturated carbocycles. The molecule has 0 atom stereocenters. The lowest BCUT2D eigenvalue weighted by Crippen LogP contribution is -1.94. The number of furan rings is 4. The van der Waals surface area contributed by atoms with Crippen LogP contribution in [0.25, 0.3) is 214 Å². The maximum atomic E-state index is 6.26. The third kappa shape index (κ3) is 9.54. The van der Waals surface area contributed by atoms with E-state index >= 15 is 0 Å². The third-order valence-corrected chi connectivity index (χ3v) is 21.8. The van der Waals surface area contributed by atoms with Crippen LogP contribution in [0, 0.1) is 0 Å². The van der Waals surface area contributed by atoms with Crippen molar-refractivity contribution < 1.29 is 17.7 Å². The van der Waals surface area contributed by atoms with Crippen molar-refractivity contribution in [1.82, 2.24) is 13.7 Å². The summed E-state index contributed by atoms with van der Waals surface area (Å²) in [6, 6.07) is 131. The summed E-state index contributed by atoms with van der Waals surface area (Å²) in [5.74, 6) is 0. The number of hydrogen-bond acceptors (Lipinski definition) is 4. The van der Waals surface area contributed by atoms with E-state index in [0.717, 1.165) is 77.6 Å². The molecule has 7 heterocycles. The Bertz CT molecular complexity index is 7630. The van der Waals surface area contributed by atoms with E-state index in [-0.39, 0.29) is 0 Å². The highest BCUT2D eigenvalue weighted by Crippen LogP contribution is 2.47. The SMILES string of the molecule is c1ccc(-c2cc(-c3ccccc3)cc(-c3ccc(-n4c5ccccc5c5c6c(ccc54)oc4ccccc46)cc3)c2)cc1.c1ccc2c(-n3c4ccccc4c4c5c(ccc43)oc3ccccc35)cccc2c1.c1ccc2c(c1)oc1ccc(-n3c4ccccc4c4c5c(ccc43)oc3ccccc35)cc12. The highest BCUT2D eigenvalue weighted by atomic mass is 16.3. The van der Waals surface area contributed by atoms with E-state index in [2.05, 4.69) is 341 Å². The Morgan fingerprint density at radius 1 is 0.159 bits per heavy atom. The molecule has 0 unspecified atom stereocenters. The molecule has 24 rings (SSSR count). The van der Waals surface area contributed by atoms with E-state index in [4.69, 9.17) is 17.7 Å². The number of hydrogen-bond donors (Lipinski definition) is 0. The van der Waals surface area contributed by atoms with E-state index in [1.165, 1.54) is 137 Å². The minimum atomic E-state index is 0.906. The first-order valence-electron chi connectivity index (χ1n) is 36.4. The Morgan fingerprint density at radius 2 is 0.486 bits per heavy atom. The monoisotopic (exact) mass is 1370 g/mol. The molecule has 7 nitrogen and oxygen atoms in total. The molecule has 0 spiro atoms. The van der Waals surface area contributed by atoms with Crippen LogP contribution in [0.15, 0.2) is 388 Å². The number of rotatable bonds is 6. The molecule has 7 heteroatoms. The van der Waals surface area contributed by atoms with Gasteiger partial charge in [0.25, 0.3) is 0 Å². The second kappa shape index (κ2) is 24.1. The van der Waals surface area contributed by atoms with Crippen molar-refractivity contribution in [2.75, 3.05) is 0 Å². The fraction of sp³-hybridized carbons (Fsp3) is 0. The van der Waals surface area contributed by atoms with E-state index in [9.17, 15) is 0 Å². The van der Waals surface area contributed by atoms with E-state index in [0.29, 0.717) is 0 Å². The van der Waals surface area contributed by atoms with Crippen LogP contribution >= 0.6 is 0 Å². The van der Waals surface area contributed by atoms with E-state index < -0.39 is 0 Å².